The Morgan fingerprint density at radius 1 is 1.16 bits per heavy atom. The van der Waals surface area contributed by atoms with E-state index in [2.05, 4.69) is 9.96 Å². The highest BCUT2D eigenvalue weighted by Gasteiger charge is 2.20. The molecule has 0 radical (unpaired) electrons. The van der Waals surface area contributed by atoms with Gasteiger partial charge in [0.25, 0.3) is 0 Å². The number of benzene rings is 1. The average Bonchev–Trinajstić information content (AvgIpc) is 2.70. The molecule has 0 aliphatic heterocycles. The van der Waals surface area contributed by atoms with Crippen molar-refractivity contribution in [2.24, 2.45) is 0 Å². The molecule has 1 aromatic heterocycles. The summed E-state index contributed by atoms with van der Waals surface area (Å²) in [5.41, 5.74) is 1.94. The van der Waals surface area contributed by atoms with E-state index in [9.17, 15) is 17.3 Å². The van der Waals surface area contributed by atoms with Gasteiger partial charge in [0, 0.05) is 10.5 Å². The summed E-state index contributed by atoms with van der Waals surface area (Å²) in [5, 5.41) is 9.00. The van der Waals surface area contributed by atoms with E-state index in [1.165, 1.54) is 11.3 Å². The second-order valence-electron chi connectivity index (χ2n) is 3.36. The Balaban J connectivity index is 0.000000312. The Morgan fingerprint density at radius 2 is 1.68 bits per heavy atom. The number of aromatic nitrogens is 1. The lowest BCUT2D eigenvalue weighted by atomic mass is 10.1. The van der Waals surface area contributed by atoms with Gasteiger partial charge in [0.2, 0.25) is 0 Å². The van der Waals surface area contributed by atoms with Crippen LogP contribution in [0.2, 0.25) is 0 Å². The van der Waals surface area contributed by atoms with Crippen LogP contribution in [0.5, 0.6) is 0 Å². The maximum Gasteiger partial charge on any atom is 0.673 e. The minimum absolute atomic E-state index is 0.404. The minimum Gasteiger partial charge on any atom is -0.418 e. The van der Waals surface area contributed by atoms with Gasteiger partial charge in [0.1, 0.15) is 0 Å². The standard InChI is InChI=1S/C10H8N3S.BF4/c1-7-9(12-10(13-11)14-7)8-5-3-2-4-6-8;2-1(3,4)5/h2-6H,1H3;/q+1;-1. The van der Waals surface area contributed by atoms with Crippen molar-refractivity contribution in [3.63, 3.8) is 0 Å². The molecule has 0 aliphatic rings. The molecule has 19 heavy (non-hydrogen) atoms. The monoisotopic (exact) mass is 289 g/mol. The van der Waals surface area contributed by atoms with Crippen LogP contribution in [0.15, 0.2) is 30.3 Å². The Hall–Kier alpha value is -1.95. The lowest BCUT2D eigenvalue weighted by Gasteiger charge is -1.94. The van der Waals surface area contributed by atoms with E-state index in [1.54, 1.807) is 0 Å². The topological polar surface area (TPSA) is 41.0 Å². The zero-order valence-electron chi connectivity index (χ0n) is 9.73. The second-order valence-corrected chi connectivity index (χ2v) is 4.54. The van der Waals surface area contributed by atoms with Crippen LogP contribution in [-0.2, 0) is 0 Å². The van der Waals surface area contributed by atoms with Crippen molar-refractivity contribution in [3.05, 3.63) is 40.2 Å². The van der Waals surface area contributed by atoms with E-state index in [1.807, 2.05) is 37.3 Å². The number of diazo groups is 1. The van der Waals surface area contributed by atoms with Gasteiger partial charge in [-0.15, -0.1) is 0 Å². The van der Waals surface area contributed by atoms with Crippen LogP contribution in [0.1, 0.15) is 4.88 Å². The Bertz CT molecular complexity index is 571. The smallest absolute Gasteiger partial charge is 0.418 e. The van der Waals surface area contributed by atoms with Gasteiger partial charge in [-0.2, -0.15) is 0 Å². The molecule has 2 rings (SSSR count). The first kappa shape index (κ1) is 15.1. The number of aryl methyl sites for hydroxylation is 1. The summed E-state index contributed by atoms with van der Waals surface area (Å²) in [6, 6.07) is 9.86. The van der Waals surface area contributed by atoms with Crippen LogP contribution in [0.3, 0.4) is 0 Å². The van der Waals surface area contributed by atoms with E-state index in [-0.39, 0.29) is 0 Å². The molecule has 0 fully saturated rings. The van der Waals surface area contributed by atoms with Crippen molar-refractivity contribution in [2.75, 3.05) is 0 Å². The largest absolute Gasteiger partial charge is 0.673 e. The van der Waals surface area contributed by atoms with E-state index >= 15 is 0 Å². The highest BCUT2D eigenvalue weighted by Crippen LogP contribution is 2.31. The first-order valence-corrected chi connectivity index (χ1v) is 5.88. The quantitative estimate of drug-likeness (QED) is 0.425. The van der Waals surface area contributed by atoms with Crippen molar-refractivity contribution < 1.29 is 17.3 Å². The summed E-state index contributed by atoms with van der Waals surface area (Å²) in [5.74, 6) is 0. The van der Waals surface area contributed by atoms with Gasteiger partial charge >= 0.3 is 12.4 Å². The Labute approximate surface area is 110 Å². The van der Waals surface area contributed by atoms with Gasteiger partial charge in [-0.05, 0) is 23.2 Å². The Morgan fingerprint density at radius 3 is 2.11 bits per heavy atom. The van der Waals surface area contributed by atoms with E-state index in [4.69, 9.17) is 5.39 Å². The van der Waals surface area contributed by atoms with Gasteiger partial charge in [0.15, 0.2) is 5.69 Å². The fourth-order valence-corrected chi connectivity index (χ4v) is 2.00. The maximum absolute atomic E-state index is 9.75. The van der Waals surface area contributed by atoms with Crippen molar-refractivity contribution in [1.29, 1.82) is 5.39 Å². The van der Waals surface area contributed by atoms with Crippen LogP contribution >= 0.6 is 11.3 Å². The predicted octanol–water partition coefficient (Wildman–Crippen LogP) is 4.90. The molecular weight excluding hydrogens is 281 g/mol. The molecule has 0 unspecified atom stereocenters. The average molecular weight is 289 g/mol. The lowest BCUT2D eigenvalue weighted by Crippen LogP contribution is -2.02. The van der Waals surface area contributed by atoms with E-state index < -0.39 is 7.25 Å². The zero-order valence-corrected chi connectivity index (χ0v) is 10.5. The number of rotatable bonds is 1. The predicted molar refractivity (Wildman–Crippen MR) is 67.2 cm³/mol. The third-order valence-electron chi connectivity index (χ3n) is 1.92. The van der Waals surface area contributed by atoms with Gasteiger partial charge < -0.3 is 17.3 Å². The fourth-order valence-electron chi connectivity index (χ4n) is 1.29. The molecule has 100 valence electrons. The van der Waals surface area contributed by atoms with Gasteiger partial charge in [-0.3, -0.25) is 0 Å². The van der Waals surface area contributed by atoms with Crippen LogP contribution in [0.4, 0.5) is 22.4 Å². The maximum atomic E-state index is 9.75. The third-order valence-corrected chi connectivity index (χ3v) is 2.77. The molecule has 3 nitrogen and oxygen atoms in total. The van der Waals surface area contributed by atoms with Crippen LogP contribution < -0.4 is 0 Å². The molecule has 0 atom stereocenters. The molecule has 0 spiro atoms. The van der Waals surface area contributed by atoms with E-state index in [0.29, 0.717) is 5.13 Å². The third kappa shape index (κ3) is 5.48. The number of halogens is 4. The molecule has 0 amide bonds. The van der Waals surface area contributed by atoms with Crippen molar-refractivity contribution in [1.82, 2.24) is 4.98 Å². The van der Waals surface area contributed by atoms with Crippen molar-refractivity contribution in [3.8, 4) is 11.3 Å². The molecule has 0 saturated heterocycles. The molecule has 0 aliphatic carbocycles. The van der Waals surface area contributed by atoms with E-state index in [0.717, 1.165) is 16.1 Å². The summed E-state index contributed by atoms with van der Waals surface area (Å²) in [4.78, 5) is 8.34. The van der Waals surface area contributed by atoms with Crippen LogP contribution in [0.25, 0.3) is 16.2 Å². The summed E-state index contributed by atoms with van der Waals surface area (Å²) in [6.45, 7) is 1.97. The molecule has 2 aromatic rings. The molecule has 0 bridgehead atoms. The lowest BCUT2D eigenvalue weighted by molar-refractivity contribution is 0.368. The zero-order chi connectivity index (χ0) is 14.5. The number of nitrogens with zero attached hydrogens (tertiary/aromatic N) is 3. The summed E-state index contributed by atoms with van der Waals surface area (Å²) >= 11 is 1.38. The first-order chi connectivity index (χ1) is 8.81. The van der Waals surface area contributed by atoms with Gasteiger partial charge in [-0.25, -0.2) is 0 Å². The molecule has 0 saturated carbocycles. The SMILES string of the molecule is Cc1sc([N+]#N)nc1-c1ccccc1.F[B-](F)(F)F. The number of thiazole rings is 1. The van der Waals surface area contributed by atoms with Crippen LogP contribution in [0, 0.1) is 12.3 Å². The Kier molecular flexibility index (Phi) is 5.00. The second kappa shape index (κ2) is 6.29. The molecule has 0 N–H and O–H groups in total. The summed E-state index contributed by atoms with van der Waals surface area (Å²) < 4.78 is 39.0. The fraction of sp³-hybridized carbons (Fsp3) is 0.100. The van der Waals surface area contributed by atoms with Crippen molar-refractivity contribution >= 4 is 23.7 Å². The first-order valence-electron chi connectivity index (χ1n) is 5.06. The summed E-state index contributed by atoms with van der Waals surface area (Å²) in [6.07, 6.45) is 0. The molecule has 1 aromatic carbocycles. The highest BCUT2D eigenvalue weighted by molar-refractivity contribution is 7.16. The highest BCUT2D eigenvalue weighted by atomic mass is 32.1. The normalized spacial score (nSPS) is 10.3. The van der Waals surface area contributed by atoms with Gasteiger partial charge in [0.05, 0.1) is 10.3 Å². The van der Waals surface area contributed by atoms with Crippen molar-refractivity contribution in [2.45, 2.75) is 6.92 Å². The number of hydrogen-bond donors (Lipinski definition) is 0. The number of hydrogen-bond acceptors (Lipinski definition) is 3. The molecule has 1 heterocycles. The molecular formula is C10H8BF4N3S. The minimum atomic E-state index is -6.00. The molecule has 9 heteroatoms. The van der Waals surface area contributed by atoms with Gasteiger partial charge in [-0.1, -0.05) is 30.3 Å². The van der Waals surface area contributed by atoms with Crippen LogP contribution in [-0.4, -0.2) is 12.2 Å². The summed E-state index contributed by atoms with van der Waals surface area (Å²) in [7, 11) is -6.00.